The molecule has 0 unspecified atom stereocenters. The molecule has 0 aliphatic rings. The van der Waals surface area contributed by atoms with Gasteiger partial charge in [0.15, 0.2) is 0 Å². The fraction of sp³-hybridized carbons (Fsp3) is 0.333. The van der Waals surface area contributed by atoms with Crippen molar-refractivity contribution in [3.8, 4) is 0 Å². The van der Waals surface area contributed by atoms with Crippen molar-refractivity contribution in [2.24, 2.45) is 0 Å². The fourth-order valence-corrected chi connectivity index (χ4v) is 85.2. The molecule has 0 amide bonds. The molecule has 0 fully saturated rings. The Kier molecular flexibility index (Phi) is 11.3. The van der Waals surface area contributed by atoms with E-state index in [0.717, 1.165) is 0 Å². The Morgan fingerprint density at radius 2 is 0.667 bits per heavy atom. The number of hydrogen-bond acceptors (Lipinski definition) is 0. The summed E-state index contributed by atoms with van der Waals surface area (Å²) in [6, 6.07) is 7.38. The van der Waals surface area contributed by atoms with Crippen molar-refractivity contribution in [1.29, 1.82) is 0 Å². The molecule has 0 N–H and O–H groups in total. The molecule has 3 heteroatoms. The van der Waals surface area contributed by atoms with Gasteiger partial charge in [-0.1, -0.05) is 0 Å². The Hall–Kier alpha value is -0.204. The molecular formula is C18H30PbSi2. The SMILES string of the molecule is C=CC[Si](CC=C)(CC=C)[Pb][Si](CC=C)(CC=C)CC=C. The molecule has 0 aromatic rings. The third-order valence-electron chi connectivity index (χ3n) is 3.74. The van der Waals surface area contributed by atoms with Gasteiger partial charge in [-0.05, 0) is 0 Å². The molecule has 0 heterocycles. The van der Waals surface area contributed by atoms with Crippen molar-refractivity contribution in [1.82, 2.24) is 0 Å². The first-order valence-corrected chi connectivity index (χ1v) is 24.4. The second-order valence-electron chi connectivity index (χ2n) is 5.64. The van der Waals surface area contributed by atoms with E-state index in [0.29, 0.717) is 0 Å². The summed E-state index contributed by atoms with van der Waals surface area (Å²) in [6.45, 7) is 24.2. The zero-order valence-electron chi connectivity index (χ0n) is 13.4. The number of rotatable bonds is 14. The van der Waals surface area contributed by atoms with Crippen LogP contribution in [-0.4, -0.2) is 32.5 Å². The third-order valence-corrected chi connectivity index (χ3v) is 65.8. The Morgan fingerprint density at radius 1 is 0.476 bits per heavy atom. The molecule has 0 rings (SSSR count). The third kappa shape index (κ3) is 7.06. The number of hydrogen-bond donors (Lipinski definition) is 0. The van der Waals surface area contributed by atoms with Crippen molar-refractivity contribution in [2.75, 3.05) is 0 Å². The fourth-order valence-electron chi connectivity index (χ4n) is 3.03. The first-order valence-electron chi connectivity index (χ1n) is 7.52. The van der Waals surface area contributed by atoms with Crippen LogP contribution in [0.5, 0.6) is 0 Å². The minimum atomic E-state index is -1.28. The average Bonchev–Trinajstić information content (AvgIpc) is 2.40. The van der Waals surface area contributed by atoms with Gasteiger partial charge in [-0.3, -0.25) is 0 Å². The summed E-state index contributed by atoms with van der Waals surface area (Å²) in [5.74, 6) is 0. The standard InChI is InChI=1S/2C9H15Si.Pb/c2*1-4-7-10(8-5-2)9-6-3;/h2*4-6H,1-3,7-9H2;. The molecule has 21 heavy (non-hydrogen) atoms. The van der Waals surface area contributed by atoms with Gasteiger partial charge in [0.25, 0.3) is 0 Å². The van der Waals surface area contributed by atoms with E-state index in [1.807, 2.05) is 0 Å². The Bertz CT molecular complexity index is 296. The zero-order chi connectivity index (χ0) is 16.2. The van der Waals surface area contributed by atoms with Gasteiger partial charge in [-0.15, -0.1) is 0 Å². The van der Waals surface area contributed by atoms with Crippen LogP contribution in [0.3, 0.4) is 0 Å². The maximum absolute atomic E-state index is 4.03. The molecule has 0 atom stereocenters. The van der Waals surface area contributed by atoms with E-state index in [-0.39, 0.29) is 0 Å². The maximum atomic E-state index is 4.03. The van der Waals surface area contributed by atoms with Crippen molar-refractivity contribution in [3.63, 3.8) is 0 Å². The average molecular weight is 510 g/mol. The number of allylic oxidation sites excluding steroid dienone is 6. The molecule has 0 aliphatic carbocycles. The van der Waals surface area contributed by atoms with Gasteiger partial charge in [0, 0.05) is 0 Å². The van der Waals surface area contributed by atoms with Gasteiger partial charge in [0.1, 0.15) is 0 Å². The van der Waals surface area contributed by atoms with Gasteiger partial charge < -0.3 is 0 Å². The Morgan fingerprint density at radius 3 is 0.810 bits per heavy atom. The molecule has 0 bridgehead atoms. The van der Waals surface area contributed by atoms with Gasteiger partial charge >= 0.3 is 145 Å². The summed E-state index contributed by atoms with van der Waals surface area (Å²) in [6.07, 6.45) is 12.9. The second-order valence-corrected chi connectivity index (χ2v) is 47.7. The molecule has 0 saturated carbocycles. The van der Waals surface area contributed by atoms with Gasteiger partial charge in [-0.25, -0.2) is 0 Å². The van der Waals surface area contributed by atoms with Crippen LogP contribution in [0.2, 0.25) is 36.3 Å². The van der Waals surface area contributed by atoms with Gasteiger partial charge in [0.2, 0.25) is 0 Å². The molecule has 114 valence electrons. The van der Waals surface area contributed by atoms with Crippen LogP contribution in [0.4, 0.5) is 0 Å². The molecule has 0 aromatic heterocycles. The van der Waals surface area contributed by atoms with Crippen LogP contribution in [0.1, 0.15) is 0 Å². The van der Waals surface area contributed by atoms with Crippen LogP contribution < -0.4 is 0 Å². The Balaban J connectivity index is 5.60. The zero-order valence-corrected chi connectivity index (χ0v) is 19.3. The Labute approximate surface area is 144 Å². The van der Waals surface area contributed by atoms with E-state index >= 15 is 0 Å². The predicted octanol–water partition coefficient (Wildman–Crippen LogP) is 5.70. The van der Waals surface area contributed by atoms with E-state index < -0.39 is 32.5 Å². The van der Waals surface area contributed by atoms with E-state index in [2.05, 4.69) is 75.9 Å². The first-order chi connectivity index (χ1) is 10.1. The van der Waals surface area contributed by atoms with Gasteiger partial charge in [0.05, 0.1) is 0 Å². The summed E-state index contributed by atoms with van der Waals surface area (Å²) in [5, 5.41) is -2.57. The molecule has 2 radical (unpaired) electrons. The minimum absolute atomic E-state index is 0.808. The summed E-state index contributed by atoms with van der Waals surface area (Å²) in [5.41, 5.74) is 0. The van der Waals surface area contributed by atoms with Crippen molar-refractivity contribution >= 4 is 32.5 Å². The summed E-state index contributed by atoms with van der Waals surface area (Å²) in [7, 11) is 0. The molecular weight excluding hydrogens is 480 g/mol. The van der Waals surface area contributed by atoms with Crippen LogP contribution in [0.25, 0.3) is 0 Å². The first kappa shape index (κ1) is 20.8. The van der Waals surface area contributed by atoms with E-state index in [1.54, 1.807) is 0 Å². The summed E-state index contributed by atoms with van der Waals surface area (Å²) < 4.78 is 0. The quantitative estimate of drug-likeness (QED) is 0.208. The van der Waals surface area contributed by atoms with Crippen LogP contribution in [0.15, 0.2) is 75.9 Å². The van der Waals surface area contributed by atoms with Crippen LogP contribution >= 0.6 is 0 Å². The monoisotopic (exact) mass is 510 g/mol. The van der Waals surface area contributed by atoms with E-state index in [4.69, 9.17) is 0 Å². The second kappa shape index (κ2) is 11.4. The van der Waals surface area contributed by atoms with Crippen LogP contribution in [0, 0.1) is 0 Å². The summed E-state index contributed by atoms with van der Waals surface area (Å²) >= 11 is -0.808. The normalized spacial score (nSPS) is 11.4. The van der Waals surface area contributed by atoms with Crippen molar-refractivity contribution in [3.05, 3.63) is 75.9 Å². The van der Waals surface area contributed by atoms with Crippen molar-refractivity contribution < 1.29 is 0 Å². The molecule has 0 spiro atoms. The van der Waals surface area contributed by atoms with Gasteiger partial charge in [-0.2, -0.15) is 0 Å². The predicted molar refractivity (Wildman–Crippen MR) is 107 cm³/mol. The van der Waals surface area contributed by atoms with E-state index in [1.165, 1.54) is 36.3 Å². The summed E-state index contributed by atoms with van der Waals surface area (Å²) in [4.78, 5) is 0. The topological polar surface area (TPSA) is 0 Å². The van der Waals surface area contributed by atoms with Crippen molar-refractivity contribution in [2.45, 2.75) is 36.3 Å². The van der Waals surface area contributed by atoms with E-state index in [9.17, 15) is 0 Å². The molecule has 0 aromatic carbocycles. The molecule has 0 aliphatic heterocycles. The molecule has 0 saturated heterocycles. The molecule has 0 nitrogen and oxygen atoms in total. The van der Waals surface area contributed by atoms with Crippen LogP contribution in [-0.2, 0) is 0 Å².